The fourth-order valence-electron chi connectivity index (χ4n) is 3.93. The Balaban J connectivity index is 1.61. The Bertz CT molecular complexity index is 861. The fourth-order valence-corrected chi connectivity index (χ4v) is 5.12. The molecule has 1 aromatic carbocycles. The van der Waals surface area contributed by atoms with E-state index in [1.165, 1.54) is 6.07 Å². The molecule has 2 saturated carbocycles. The zero-order chi connectivity index (χ0) is 16.0. The van der Waals surface area contributed by atoms with E-state index in [0.717, 1.165) is 31.1 Å². The average molecular weight is 330 g/mol. The number of carbonyl (C=O) groups excluding carboxylic acids is 1. The molecule has 2 aliphatic carbocycles. The van der Waals surface area contributed by atoms with Gasteiger partial charge in [0.1, 0.15) is 4.90 Å². The van der Waals surface area contributed by atoms with E-state index in [-0.39, 0.29) is 16.7 Å². The van der Waals surface area contributed by atoms with Crippen LogP contribution in [0, 0.1) is 17.8 Å². The summed E-state index contributed by atoms with van der Waals surface area (Å²) >= 11 is 0. The van der Waals surface area contributed by atoms with Crippen LogP contribution in [0.1, 0.15) is 25.7 Å². The van der Waals surface area contributed by atoms with Gasteiger partial charge >= 0.3 is 0 Å². The first-order valence-electron chi connectivity index (χ1n) is 7.98. The molecule has 5 nitrogen and oxygen atoms in total. The molecule has 2 aromatic rings. The largest absolute Gasteiger partial charge is 0.274 e. The van der Waals surface area contributed by atoms with E-state index in [4.69, 9.17) is 0 Å². The van der Waals surface area contributed by atoms with Crippen LogP contribution in [0.5, 0.6) is 0 Å². The van der Waals surface area contributed by atoms with Crippen molar-refractivity contribution in [2.24, 2.45) is 17.8 Å². The number of carbonyl (C=O) groups is 1. The van der Waals surface area contributed by atoms with Gasteiger partial charge in [0, 0.05) is 17.5 Å². The molecule has 0 bridgehead atoms. The SMILES string of the molecule is O=C(NS(=O)(=O)c1cccc2cccnc12)C1[C@H]2CCCC[C@@H]12. The van der Waals surface area contributed by atoms with Crippen LogP contribution in [-0.2, 0) is 14.8 Å². The normalized spacial score (nSPS) is 26.5. The number of nitrogens with zero attached hydrogens (tertiary/aromatic N) is 1. The summed E-state index contributed by atoms with van der Waals surface area (Å²) in [7, 11) is -3.90. The highest BCUT2D eigenvalue weighted by Crippen LogP contribution is 2.55. The number of amides is 1. The molecule has 0 saturated heterocycles. The molecule has 1 amide bonds. The highest BCUT2D eigenvalue weighted by Gasteiger charge is 2.55. The molecule has 4 rings (SSSR count). The van der Waals surface area contributed by atoms with E-state index in [9.17, 15) is 13.2 Å². The van der Waals surface area contributed by atoms with Gasteiger partial charge in [0.2, 0.25) is 5.91 Å². The molecule has 1 N–H and O–H groups in total. The van der Waals surface area contributed by atoms with Crippen LogP contribution in [0.15, 0.2) is 41.4 Å². The number of benzene rings is 1. The van der Waals surface area contributed by atoms with Crippen LogP contribution < -0.4 is 4.72 Å². The Hall–Kier alpha value is -1.95. The smallest absolute Gasteiger partial charge is 0.266 e. The topological polar surface area (TPSA) is 76.1 Å². The Morgan fingerprint density at radius 1 is 1.09 bits per heavy atom. The summed E-state index contributed by atoms with van der Waals surface area (Å²) in [5, 5.41) is 0.739. The highest BCUT2D eigenvalue weighted by molar-refractivity contribution is 7.90. The van der Waals surface area contributed by atoms with Crippen LogP contribution in [0.25, 0.3) is 10.9 Å². The van der Waals surface area contributed by atoms with Gasteiger partial charge in [-0.2, -0.15) is 0 Å². The predicted octanol–water partition coefficient (Wildman–Crippen LogP) is 2.48. The standard InChI is InChI=1S/C17H18N2O3S/c20-17(15-12-7-1-2-8-13(12)15)19-23(21,22)14-9-3-5-11-6-4-10-18-16(11)14/h3-6,9-10,12-13,15H,1-2,7-8H2,(H,19,20)/t12-,13+,15?. The summed E-state index contributed by atoms with van der Waals surface area (Å²) in [6.07, 6.45) is 5.92. The fraction of sp³-hybridized carbons (Fsp3) is 0.412. The molecule has 2 fully saturated rings. The first-order valence-corrected chi connectivity index (χ1v) is 9.47. The summed E-state index contributed by atoms with van der Waals surface area (Å²) in [5.41, 5.74) is 0.392. The Morgan fingerprint density at radius 3 is 2.52 bits per heavy atom. The van der Waals surface area contributed by atoms with E-state index >= 15 is 0 Å². The number of hydrogen-bond donors (Lipinski definition) is 1. The molecular weight excluding hydrogens is 312 g/mol. The summed E-state index contributed by atoms with van der Waals surface area (Å²) < 4.78 is 27.5. The molecule has 1 aromatic heterocycles. The minimum absolute atomic E-state index is 0.0626. The molecule has 0 radical (unpaired) electrons. The number of pyridine rings is 1. The molecule has 3 atom stereocenters. The summed E-state index contributed by atoms with van der Waals surface area (Å²) in [5.74, 6) is 0.277. The zero-order valence-electron chi connectivity index (χ0n) is 12.6. The maximum absolute atomic E-state index is 12.6. The van der Waals surface area contributed by atoms with Crippen molar-refractivity contribution in [1.29, 1.82) is 0 Å². The van der Waals surface area contributed by atoms with Gasteiger partial charge in [-0.05, 0) is 36.8 Å². The van der Waals surface area contributed by atoms with E-state index in [1.807, 2.05) is 0 Å². The van der Waals surface area contributed by atoms with Gasteiger partial charge in [-0.25, -0.2) is 13.1 Å². The van der Waals surface area contributed by atoms with Crippen molar-refractivity contribution in [3.8, 4) is 0 Å². The quantitative estimate of drug-likeness (QED) is 0.938. The molecule has 6 heteroatoms. The molecule has 0 spiro atoms. The summed E-state index contributed by atoms with van der Waals surface area (Å²) in [6.45, 7) is 0. The van der Waals surface area contributed by atoms with Gasteiger partial charge in [-0.1, -0.05) is 31.0 Å². The molecule has 2 aliphatic rings. The lowest BCUT2D eigenvalue weighted by Gasteiger charge is -2.09. The van der Waals surface area contributed by atoms with Crippen LogP contribution >= 0.6 is 0 Å². The zero-order valence-corrected chi connectivity index (χ0v) is 13.4. The molecule has 120 valence electrons. The molecular formula is C17H18N2O3S. The Kier molecular flexibility index (Phi) is 3.37. The number of nitrogens with one attached hydrogen (secondary N) is 1. The number of rotatable bonds is 3. The lowest BCUT2D eigenvalue weighted by Crippen LogP contribution is -2.32. The van der Waals surface area contributed by atoms with Gasteiger partial charge in [0.25, 0.3) is 10.0 Å². The number of hydrogen-bond acceptors (Lipinski definition) is 4. The molecule has 1 unspecified atom stereocenters. The van der Waals surface area contributed by atoms with E-state index in [2.05, 4.69) is 9.71 Å². The van der Waals surface area contributed by atoms with Gasteiger partial charge < -0.3 is 0 Å². The van der Waals surface area contributed by atoms with Crippen molar-refractivity contribution >= 4 is 26.8 Å². The first kappa shape index (κ1) is 14.6. The molecule has 1 heterocycles. The minimum atomic E-state index is -3.90. The predicted molar refractivity (Wildman–Crippen MR) is 86.0 cm³/mol. The number of sulfonamides is 1. The van der Waals surface area contributed by atoms with Crippen LogP contribution in [0.2, 0.25) is 0 Å². The maximum atomic E-state index is 12.6. The van der Waals surface area contributed by atoms with E-state index < -0.39 is 10.0 Å². The first-order chi connectivity index (χ1) is 11.1. The Labute approximate surface area is 135 Å². The third kappa shape index (κ3) is 2.51. The Morgan fingerprint density at radius 2 is 1.78 bits per heavy atom. The van der Waals surface area contributed by atoms with Crippen molar-refractivity contribution in [2.45, 2.75) is 30.6 Å². The number of aromatic nitrogens is 1. The third-order valence-electron chi connectivity index (χ3n) is 5.08. The van der Waals surface area contributed by atoms with Crippen molar-refractivity contribution in [2.75, 3.05) is 0 Å². The second kappa shape index (κ2) is 5.30. The maximum Gasteiger partial charge on any atom is 0.266 e. The van der Waals surface area contributed by atoms with Gasteiger partial charge in [-0.15, -0.1) is 0 Å². The summed E-state index contributed by atoms with van der Waals surface area (Å²) in [6, 6.07) is 8.52. The number of fused-ring (bicyclic) bond motifs is 2. The van der Waals surface area contributed by atoms with E-state index in [0.29, 0.717) is 17.4 Å². The highest BCUT2D eigenvalue weighted by atomic mass is 32.2. The number of para-hydroxylation sites is 1. The molecule has 23 heavy (non-hydrogen) atoms. The lowest BCUT2D eigenvalue weighted by molar-refractivity contribution is -0.121. The average Bonchev–Trinajstić information content (AvgIpc) is 3.28. The van der Waals surface area contributed by atoms with Gasteiger partial charge in [-0.3, -0.25) is 9.78 Å². The van der Waals surface area contributed by atoms with Crippen molar-refractivity contribution < 1.29 is 13.2 Å². The van der Waals surface area contributed by atoms with E-state index in [1.54, 1.807) is 30.5 Å². The molecule has 0 aliphatic heterocycles. The summed E-state index contributed by atoms with van der Waals surface area (Å²) in [4.78, 5) is 16.6. The lowest BCUT2D eigenvalue weighted by atomic mass is 10.0. The van der Waals surface area contributed by atoms with Crippen molar-refractivity contribution in [3.63, 3.8) is 0 Å². The van der Waals surface area contributed by atoms with Crippen LogP contribution in [-0.4, -0.2) is 19.3 Å². The second-order valence-corrected chi connectivity index (χ2v) is 8.09. The van der Waals surface area contributed by atoms with Crippen molar-refractivity contribution in [1.82, 2.24) is 9.71 Å². The monoisotopic (exact) mass is 330 g/mol. The van der Waals surface area contributed by atoms with Crippen molar-refractivity contribution in [3.05, 3.63) is 36.5 Å². The second-order valence-electron chi connectivity index (χ2n) is 6.44. The van der Waals surface area contributed by atoms with Crippen LogP contribution in [0.4, 0.5) is 0 Å². The van der Waals surface area contributed by atoms with Gasteiger partial charge in [0.05, 0.1) is 5.52 Å². The van der Waals surface area contributed by atoms with Gasteiger partial charge in [0.15, 0.2) is 0 Å². The minimum Gasteiger partial charge on any atom is -0.274 e. The van der Waals surface area contributed by atoms with Crippen LogP contribution in [0.3, 0.4) is 0 Å². The third-order valence-corrected chi connectivity index (χ3v) is 6.46.